The van der Waals surface area contributed by atoms with E-state index >= 15 is 0 Å². The molecule has 244 valence electrons. The normalized spacial score (nSPS) is 12.5. The topological polar surface area (TPSA) is 43.9 Å². The summed E-state index contributed by atoms with van der Waals surface area (Å²) in [6.07, 6.45) is 0. The molecule has 0 fully saturated rings. The highest BCUT2D eigenvalue weighted by Gasteiger charge is 2.25. The predicted molar refractivity (Wildman–Crippen MR) is 223 cm³/mol. The van der Waals surface area contributed by atoms with Crippen LogP contribution in [0.2, 0.25) is 0 Å². The molecule has 0 aliphatic carbocycles. The summed E-state index contributed by atoms with van der Waals surface area (Å²) in [6.45, 7) is 0. The monoisotopic (exact) mass is 691 g/mol. The molecule has 0 N–H and O–H groups in total. The van der Waals surface area contributed by atoms with Crippen LogP contribution in [-0.4, -0.2) is 14.5 Å². The molecule has 4 aromatic heterocycles. The van der Waals surface area contributed by atoms with E-state index in [9.17, 15) is 0 Å². The zero-order valence-electron chi connectivity index (χ0n) is 28.1. The summed E-state index contributed by atoms with van der Waals surface area (Å²) < 4.78 is 11.2. The van der Waals surface area contributed by atoms with Crippen LogP contribution in [0.4, 0.5) is 0 Å². The second-order valence-electron chi connectivity index (χ2n) is 14.1. The summed E-state index contributed by atoms with van der Waals surface area (Å²) in [7, 11) is 0. The Kier molecular flexibility index (Phi) is 5.22. The van der Waals surface area contributed by atoms with Gasteiger partial charge in [-0.05, 0) is 81.5 Å². The summed E-state index contributed by atoms with van der Waals surface area (Å²) in [5.74, 6) is 0.810. The maximum absolute atomic E-state index is 6.27. The fourth-order valence-electron chi connectivity index (χ4n) is 9.09. The van der Waals surface area contributed by atoms with Gasteiger partial charge in [-0.25, -0.2) is 9.97 Å². The van der Waals surface area contributed by atoms with Crippen LogP contribution in [0.1, 0.15) is 0 Å². The molecule has 4 heterocycles. The van der Waals surface area contributed by atoms with Crippen LogP contribution in [0, 0.1) is 0 Å². The van der Waals surface area contributed by atoms with Gasteiger partial charge in [-0.15, -0.1) is 11.3 Å². The van der Waals surface area contributed by atoms with Gasteiger partial charge in [-0.1, -0.05) is 97.1 Å². The molecular formula is C48H25N3OS. The molecule has 53 heavy (non-hydrogen) atoms. The van der Waals surface area contributed by atoms with Crippen LogP contribution in [0.15, 0.2) is 156 Å². The van der Waals surface area contributed by atoms with E-state index < -0.39 is 0 Å². The predicted octanol–water partition coefficient (Wildman–Crippen LogP) is 13.6. The fraction of sp³-hybridized carbons (Fsp3) is 0. The van der Waals surface area contributed by atoms with Crippen LogP contribution in [-0.2, 0) is 0 Å². The first-order valence-electron chi connectivity index (χ1n) is 17.9. The Morgan fingerprint density at radius 3 is 2.04 bits per heavy atom. The van der Waals surface area contributed by atoms with E-state index in [4.69, 9.17) is 14.4 Å². The van der Waals surface area contributed by atoms with Gasteiger partial charge in [-0.3, -0.25) is 4.57 Å². The summed E-state index contributed by atoms with van der Waals surface area (Å²) in [5, 5.41) is 14.6. The summed E-state index contributed by atoms with van der Waals surface area (Å²) in [5.41, 5.74) is 7.55. The maximum Gasteiger partial charge on any atom is 0.165 e. The van der Waals surface area contributed by atoms with Crippen LogP contribution in [0.25, 0.3) is 124 Å². The van der Waals surface area contributed by atoms with E-state index in [2.05, 4.69) is 144 Å². The molecule has 0 aliphatic heterocycles. The molecule has 13 rings (SSSR count). The lowest BCUT2D eigenvalue weighted by Crippen LogP contribution is -2.04. The van der Waals surface area contributed by atoms with Crippen molar-refractivity contribution in [2.24, 2.45) is 0 Å². The third-order valence-electron chi connectivity index (χ3n) is 11.3. The van der Waals surface area contributed by atoms with Gasteiger partial charge < -0.3 is 4.42 Å². The SMILES string of the molecule is c1ccc2c(c1)ccc1nc(-c3ccc4oc5ccccc5c4c3)c(-n3c4cccc5c6ccccc6c6cccc7sc8ccc3c(c8c76)c54)nc12. The average molecular weight is 692 g/mol. The zero-order valence-corrected chi connectivity index (χ0v) is 28.9. The van der Waals surface area contributed by atoms with Crippen LogP contribution in [0.5, 0.6) is 0 Å². The lowest BCUT2D eigenvalue weighted by Gasteiger charge is -2.15. The Bertz CT molecular complexity index is 3700. The highest BCUT2D eigenvalue weighted by molar-refractivity contribution is 7.26. The molecule has 0 saturated heterocycles. The van der Waals surface area contributed by atoms with Gasteiger partial charge >= 0.3 is 0 Å². The van der Waals surface area contributed by atoms with E-state index in [1.54, 1.807) is 0 Å². The highest BCUT2D eigenvalue weighted by atomic mass is 32.1. The summed E-state index contributed by atoms with van der Waals surface area (Å²) in [6, 6.07) is 54.4. The first-order valence-corrected chi connectivity index (χ1v) is 18.7. The Morgan fingerprint density at radius 1 is 0.453 bits per heavy atom. The highest BCUT2D eigenvalue weighted by Crippen LogP contribution is 2.49. The minimum atomic E-state index is 0.810. The van der Waals surface area contributed by atoms with Gasteiger partial charge in [0.25, 0.3) is 0 Å². The lowest BCUT2D eigenvalue weighted by molar-refractivity contribution is 0.669. The Hall–Kier alpha value is -6.82. The van der Waals surface area contributed by atoms with Gasteiger partial charge in [0.15, 0.2) is 5.82 Å². The number of furan rings is 1. The molecule has 0 bridgehead atoms. The molecule has 9 aromatic carbocycles. The number of hydrogen-bond acceptors (Lipinski definition) is 4. The Balaban J connectivity index is 1.26. The minimum absolute atomic E-state index is 0.810. The largest absolute Gasteiger partial charge is 0.456 e. The fourth-order valence-corrected chi connectivity index (χ4v) is 10.2. The number of benzene rings is 8. The van der Waals surface area contributed by atoms with Crippen LogP contribution < -0.4 is 0 Å². The van der Waals surface area contributed by atoms with Crippen molar-refractivity contribution in [2.45, 2.75) is 0 Å². The number of rotatable bonds is 2. The number of para-hydroxylation sites is 1. The minimum Gasteiger partial charge on any atom is -0.456 e. The molecule has 0 radical (unpaired) electrons. The van der Waals surface area contributed by atoms with Crippen molar-refractivity contribution < 1.29 is 4.42 Å². The van der Waals surface area contributed by atoms with E-state index in [0.717, 1.165) is 71.9 Å². The third kappa shape index (κ3) is 3.59. The Morgan fingerprint density at radius 2 is 1.15 bits per heavy atom. The van der Waals surface area contributed by atoms with E-state index in [0.29, 0.717) is 0 Å². The van der Waals surface area contributed by atoms with Crippen molar-refractivity contribution in [3.63, 3.8) is 0 Å². The second-order valence-corrected chi connectivity index (χ2v) is 15.1. The van der Waals surface area contributed by atoms with Gasteiger partial charge in [0.1, 0.15) is 16.9 Å². The summed E-state index contributed by atoms with van der Waals surface area (Å²) >= 11 is 1.88. The van der Waals surface area contributed by atoms with E-state index in [-0.39, 0.29) is 0 Å². The van der Waals surface area contributed by atoms with Crippen molar-refractivity contribution in [3.05, 3.63) is 152 Å². The van der Waals surface area contributed by atoms with Crippen LogP contribution >= 0.6 is 11.3 Å². The Labute approximate surface area is 305 Å². The van der Waals surface area contributed by atoms with Crippen molar-refractivity contribution in [1.82, 2.24) is 14.5 Å². The zero-order chi connectivity index (χ0) is 34.4. The van der Waals surface area contributed by atoms with Crippen LogP contribution in [0.3, 0.4) is 0 Å². The smallest absolute Gasteiger partial charge is 0.165 e. The van der Waals surface area contributed by atoms with Crippen molar-refractivity contribution >= 4 is 119 Å². The molecular weight excluding hydrogens is 667 g/mol. The van der Waals surface area contributed by atoms with Crippen molar-refractivity contribution in [3.8, 4) is 17.1 Å². The first kappa shape index (κ1) is 27.8. The number of thiophene rings is 1. The molecule has 0 spiro atoms. The molecule has 0 aliphatic rings. The number of aromatic nitrogens is 3. The van der Waals surface area contributed by atoms with Gasteiger partial charge in [-0.2, -0.15) is 0 Å². The quantitative estimate of drug-likeness (QED) is 0.170. The number of hydrogen-bond donors (Lipinski definition) is 0. The van der Waals surface area contributed by atoms with Crippen molar-refractivity contribution in [1.29, 1.82) is 0 Å². The third-order valence-corrected chi connectivity index (χ3v) is 12.4. The molecule has 5 heteroatoms. The van der Waals surface area contributed by atoms with E-state index in [1.165, 1.54) is 52.5 Å². The summed E-state index contributed by atoms with van der Waals surface area (Å²) in [4.78, 5) is 11.2. The van der Waals surface area contributed by atoms with Gasteiger partial charge in [0.2, 0.25) is 0 Å². The lowest BCUT2D eigenvalue weighted by atomic mass is 9.95. The van der Waals surface area contributed by atoms with Gasteiger partial charge in [0, 0.05) is 52.7 Å². The second kappa shape index (κ2) is 9.94. The molecule has 13 aromatic rings. The molecule has 0 saturated carbocycles. The number of nitrogens with zero attached hydrogens (tertiary/aromatic N) is 3. The van der Waals surface area contributed by atoms with E-state index in [1.807, 2.05) is 23.5 Å². The molecule has 0 amide bonds. The standard InChI is InChI=1S/C48H25N3OS/c1-2-10-28-26(9-1)19-21-35-47(28)50-48(46(49-35)27-20-23-39-34(25-27)31-13-5-6-17-38(31)52-39)51-36-16-7-14-32-29-11-3-4-12-30(29)33-15-8-18-40-43(33)45-41(53-40)24-22-37(51)44(45)42(32)36/h1-25H. The van der Waals surface area contributed by atoms with Crippen molar-refractivity contribution in [2.75, 3.05) is 0 Å². The van der Waals surface area contributed by atoms with Gasteiger partial charge in [0.05, 0.1) is 22.1 Å². The molecule has 4 nitrogen and oxygen atoms in total. The number of fused-ring (bicyclic) bond motifs is 9. The molecule has 0 unspecified atom stereocenters. The first-order chi connectivity index (χ1) is 26.3. The maximum atomic E-state index is 6.27. The molecule has 0 atom stereocenters. The average Bonchev–Trinajstić information content (AvgIpc) is 3.89.